The molecule has 0 fully saturated rings. The first-order valence-electron chi connectivity index (χ1n) is 5.68. The lowest BCUT2D eigenvalue weighted by Gasteiger charge is -2.07. The summed E-state index contributed by atoms with van der Waals surface area (Å²) in [6, 6.07) is 5.93. The Hall–Kier alpha value is -0.810. The molecule has 0 radical (unpaired) electrons. The highest BCUT2D eigenvalue weighted by Crippen LogP contribution is 2.36. The number of nitrogens with two attached hydrogens (primary N) is 1. The summed E-state index contributed by atoms with van der Waals surface area (Å²) in [5.74, 6) is 1.72. The van der Waals surface area contributed by atoms with E-state index >= 15 is 0 Å². The third kappa shape index (κ3) is 2.78. The summed E-state index contributed by atoms with van der Waals surface area (Å²) >= 11 is 6.99. The van der Waals surface area contributed by atoms with E-state index in [1.165, 1.54) is 0 Å². The van der Waals surface area contributed by atoms with Gasteiger partial charge in [0.1, 0.15) is 0 Å². The highest BCUT2D eigenvalue weighted by atomic mass is 79.9. The monoisotopic (exact) mass is 372 g/mol. The Kier molecular flexibility index (Phi) is 4.12. The molecule has 0 bridgehead atoms. The van der Waals surface area contributed by atoms with Crippen LogP contribution in [0.25, 0.3) is 11.3 Å². The second-order valence-corrected chi connectivity index (χ2v) is 6.37. The fraction of sp³-hybridized carbons (Fsp3) is 0.308. The Bertz CT molecular complexity index is 564. The van der Waals surface area contributed by atoms with Gasteiger partial charge in [0, 0.05) is 20.1 Å². The largest absolute Gasteiger partial charge is 0.381 e. The van der Waals surface area contributed by atoms with Crippen molar-refractivity contribution in [3.8, 4) is 11.3 Å². The zero-order valence-corrected chi connectivity index (χ0v) is 13.4. The number of hydrogen-bond donors (Lipinski definition) is 1. The van der Waals surface area contributed by atoms with Crippen molar-refractivity contribution in [2.75, 3.05) is 5.73 Å². The minimum atomic E-state index is 0.477. The van der Waals surface area contributed by atoms with Crippen LogP contribution in [0.4, 0.5) is 5.82 Å². The molecule has 5 heteroatoms. The maximum absolute atomic E-state index is 5.88. The van der Waals surface area contributed by atoms with Gasteiger partial charge in [-0.3, -0.25) is 0 Å². The minimum absolute atomic E-state index is 0.477. The molecule has 0 aliphatic rings. The summed E-state index contributed by atoms with van der Waals surface area (Å²) in [5.41, 5.74) is 7.82. The molecule has 0 aliphatic carbocycles. The lowest BCUT2D eigenvalue weighted by Crippen LogP contribution is -1.99. The SMILES string of the molecule is CC(C)Cc1c(N)noc1-c1cc(Br)ccc1Br. The first-order valence-corrected chi connectivity index (χ1v) is 7.27. The standard InChI is InChI=1S/C13H14Br2N2O/c1-7(2)5-10-12(18-17-13(10)16)9-6-8(14)3-4-11(9)15/h3-4,6-7H,5H2,1-2H3,(H2,16,17). The summed E-state index contributed by atoms with van der Waals surface area (Å²) < 4.78 is 7.35. The average Bonchev–Trinajstić information content (AvgIpc) is 2.64. The van der Waals surface area contributed by atoms with E-state index in [2.05, 4.69) is 50.9 Å². The van der Waals surface area contributed by atoms with Gasteiger partial charge in [-0.05, 0) is 30.5 Å². The summed E-state index contributed by atoms with van der Waals surface area (Å²) in [4.78, 5) is 0. The molecule has 0 unspecified atom stereocenters. The third-order valence-corrected chi connectivity index (χ3v) is 3.79. The topological polar surface area (TPSA) is 52.0 Å². The molecular formula is C13H14Br2N2O. The summed E-state index contributed by atoms with van der Waals surface area (Å²) in [6.45, 7) is 4.29. The van der Waals surface area contributed by atoms with E-state index in [1.807, 2.05) is 18.2 Å². The number of anilines is 1. The Balaban J connectivity index is 2.53. The van der Waals surface area contributed by atoms with Crippen molar-refractivity contribution in [3.63, 3.8) is 0 Å². The molecule has 3 nitrogen and oxygen atoms in total. The Morgan fingerprint density at radius 1 is 1.33 bits per heavy atom. The van der Waals surface area contributed by atoms with Crippen LogP contribution in [0, 0.1) is 5.92 Å². The average molecular weight is 374 g/mol. The molecule has 2 N–H and O–H groups in total. The predicted molar refractivity (Wildman–Crippen MR) is 80.3 cm³/mol. The van der Waals surface area contributed by atoms with Crippen LogP contribution in [0.5, 0.6) is 0 Å². The molecule has 1 aromatic carbocycles. The highest BCUT2D eigenvalue weighted by molar-refractivity contribution is 9.11. The van der Waals surface area contributed by atoms with Crippen LogP contribution in [0.1, 0.15) is 19.4 Å². The number of hydrogen-bond acceptors (Lipinski definition) is 3. The molecule has 1 heterocycles. The second kappa shape index (κ2) is 5.45. The lowest BCUT2D eigenvalue weighted by molar-refractivity contribution is 0.434. The van der Waals surface area contributed by atoms with Crippen LogP contribution in [0.3, 0.4) is 0 Å². The minimum Gasteiger partial charge on any atom is -0.381 e. The van der Waals surface area contributed by atoms with E-state index in [0.29, 0.717) is 11.7 Å². The summed E-state index contributed by atoms with van der Waals surface area (Å²) in [5, 5.41) is 3.88. The summed E-state index contributed by atoms with van der Waals surface area (Å²) in [7, 11) is 0. The van der Waals surface area contributed by atoms with E-state index in [0.717, 1.165) is 32.3 Å². The van der Waals surface area contributed by atoms with Crippen molar-refractivity contribution in [1.82, 2.24) is 5.16 Å². The van der Waals surface area contributed by atoms with Crippen molar-refractivity contribution in [2.45, 2.75) is 20.3 Å². The van der Waals surface area contributed by atoms with Gasteiger partial charge in [-0.25, -0.2) is 0 Å². The van der Waals surface area contributed by atoms with Crippen LogP contribution in [0.15, 0.2) is 31.7 Å². The molecule has 0 amide bonds. The molecule has 2 rings (SSSR count). The molecule has 18 heavy (non-hydrogen) atoms. The molecule has 1 aromatic heterocycles. The number of benzene rings is 1. The van der Waals surface area contributed by atoms with Crippen LogP contribution in [-0.2, 0) is 6.42 Å². The van der Waals surface area contributed by atoms with Crippen LogP contribution in [0.2, 0.25) is 0 Å². The van der Waals surface area contributed by atoms with Crippen molar-refractivity contribution < 1.29 is 4.52 Å². The van der Waals surface area contributed by atoms with E-state index in [9.17, 15) is 0 Å². The maximum Gasteiger partial charge on any atom is 0.173 e. The molecule has 0 saturated heterocycles. The number of halogens is 2. The van der Waals surface area contributed by atoms with Crippen LogP contribution in [-0.4, -0.2) is 5.16 Å². The van der Waals surface area contributed by atoms with Crippen molar-refractivity contribution in [3.05, 3.63) is 32.7 Å². The zero-order valence-electron chi connectivity index (χ0n) is 10.2. The van der Waals surface area contributed by atoms with Crippen LogP contribution < -0.4 is 5.73 Å². The van der Waals surface area contributed by atoms with Gasteiger partial charge in [0.05, 0.1) is 0 Å². The van der Waals surface area contributed by atoms with Gasteiger partial charge in [0.15, 0.2) is 11.6 Å². The van der Waals surface area contributed by atoms with Gasteiger partial charge in [-0.2, -0.15) is 0 Å². The number of nitrogen functional groups attached to an aromatic ring is 1. The van der Waals surface area contributed by atoms with Gasteiger partial charge in [0.25, 0.3) is 0 Å². The fourth-order valence-electron chi connectivity index (χ4n) is 1.81. The third-order valence-electron chi connectivity index (χ3n) is 2.60. The lowest BCUT2D eigenvalue weighted by atomic mass is 10.00. The molecule has 2 aromatic rings. The Morgan fingerprint density at radius 3 is 2.72 bits per heavy atom. The smallest absolute Gasteiger partial charge is 0.173 e. The first-order chi connectivity index (χ1) is 8.49. The van der Waals surface area contributed by atoms with Crippen molar-refractivity contribution >= 4 is 37.7 Å². The zero-order chi connectivity index (χ0) is 13.3. The van der Waals surface area contributed by atoms with Gasteiger partial charge >= 0.3 is 0 Å². The van der Waals surface area contributed by atoms with E-state index in [1.54, 1.807) is 0 Å². The normalized spacial score (nSPS) is 11.2. The molecule has 0 saturated carbocycles. The van der Waals surface area contributed by atoms with E-state index in [4.69, 9.17) is 10.3 Å². The maximum atomic E-state index is 5.88. The molecule has 0 atom stereocenters. The molecule has 0 spiro atoms. The molecular weight excluding hydrogens is 360 g/mol. The van der Waals surface area contributed by atoms with Crippen LogP contribution >= 0.6 is 31.9 Å². The first kappa shape index (κ1) is 13.6. The predicted octanol–water partition coefficient (Wildman–Crippen LogP) is 4.65. The van der Waals surface area contributed by atoms with Crippen molar-refractivity contribution in [1.29, 1.82) is 0 Å². The van der Waals surface area contributed by atoms with Gasteiger partial charge in [0.2, 0.25) is 0 Å². The van der Waals surface area contributed by atoms with E-state index < -0.39 is 0 Å². The number of nitrogens with zero attached hydrogens (tertiary/aromatic N) is 1. The van der Waals surface area contributed by atoms with Gasteiger partial charge in [-0.15, -0.1) is 0 Å². The number of rotatable bonds is 3. The van der Waals surface area contributed by atoms with Gasteiger partial charge in [-0.1, -0.05) is 50.9 Å². The second-order valence-electron chi connectivity index (χ2n) is 4.60. The summed E-state index contributed by atoms with van der Waals surface area (Å²) in [6.07, 6.45) is 0.851. The highest BCUT2D eigenvalue weighted by Gasteiger charge is 2.18. The molecule has 96 valence electrons. The van der Waals surface area contributed by atoms with Crippen molar-refractivity contribution in [2.24, 2.45) is 5.92 Å². The van der Waals surface area contributed by atoms with E-state index in [-0.39, 0.29) is 0 Å². The Labute approximate surface area is 123 Å². The Morgan fingerprint density at radius 2 is 2.06 bits per heavy atom. The fourth-order valence-corrected chi connectivity index (χ4v) is 2.60. The number of aromatic nitrogens is 1. The molecule has 0 aliphatic heterocycles. The van der Waals surface area contributed by atoms with Gasteiger partial charge < -0.3 is 10.3 Å². The quantitative estimate of drug-likeness (QED) is 0.851.